The summed E-state index contributed by atoms with van der Waals surface area (Å²) in [4.78, 5) is 19.3. The van der Waals surface area contributed by atoms with Gasteiger partial charge in [0, 0.05) is 23.8 Å². The Bertz CT molecular complexity index is 527. The molecule has 0 saturated carbocycles. The topological polar surface area (TPSA) is 33.2 Å². The van der Waals surface area contributed by atoms with Crippen LogP contribution in [0.5, 0.6) is 0 Å². The summed E-state index contributed by atoms with van der Waals surface area (Å²) in [6.07, 6.45) is 3.57. The zero-order chi connectivity index (χ0) is 12.4. The Morgan fingerprint density at radius 3 is 3.06 bits per heavy atom. The standard InChI is InChI=1S/C13H12N2OS2/c16-12-9-18-13(11-4-2-6-17-11)15(12)8-10-3-1-5-14-7-10/h1-7,13H,8-9H2/t13-/m1/s1. The third-order valence-electron chi connectivity index (χ3n) is 2.83. The second-order valence-corrected chi connectivity index (χ2v) is 6.11. The smallest absolute Gasteiger partial charge is 0.234 e. The molecule has 92 valence electrons. The molecule has 0 aliphatic carbocycles. The van der Waals surface area contributed by atoms with Crippen LogP contribution >= 0.6 is 23.1 Å². The predicted octanol–water partition coefficient (Wildman–Crippen LogP) is 2.92. The van der Waals surface area contributed by atoms with Crippen LogP contribution in [0.25, 0.3) is 0 Å². The fourth-order valence-corrected chi connectivity index (χ4v) is 4.15. The molecule has 5 heteroatoms. The molecule has 0 spiro atoms. The monoisotopic (exact) mass is 276 g/mol. The van der Waals surface area contributed by atoms with Gasteiger partial charge < -0.3 is 4.90 Å². The molecule has 2 aromatic rings. The molecule has 3 nitrogen and oxygen atoms in total. The number of hydrogen-bond acceptors (Lipinski definition) is 4. The molecule has 0 aromatic carbocycles. The van der Waals surface area contributed by atoms with Crippen LogP contribution in [-0.4, -0.2) is 21.5 Å². The molecular weight excluding hydrogens is 264 g/mol. The van der Waals surface area contributed by atoms with Gasteiger partial charge in [-0.3, -0.25) is 9.78 Å². The van der Waals surface area contributed by atoms with E-state index in [2.05, 4.69) is 16.4 Å². The number of carbonyl (C=O) groups excluding carboxylic acids is 1. The third-order valence-corrected chi connectivity index (χ3v) is 5.14. The summed E-state index contributed by atoms with van der Waals surface area (Å²) >= 11 is 3.41. The minimum Gasteiger partial charge on any atom is -0.321 e. The van der Waals surface area contributed by atoms with Gasteiger partial charge >= 0.3 is 0 Å². The molecule has 2 aromatic heterocycles. The van der Waals surface area contributed by atoms with Gasteiger partial charge in [0.05, 0.1) is 5.75 Å². The number of thioether (sulfide) groups is 1. The van der Waals surface area contributed by atoms with Crippen molar-refractivity contribution in [2.45, 2.75) is 11.9 Å². The van der Waals surface area contributed by atoms with Crippen LogP contribution in [0.2, 0.25) is 0 Å². The molecule has 1 fully saturated rings. The van der Waals surface area contributed by atoms with Crippen molar-refractivity contribution in [3.8, 4) is 0 Å². The second kappa shape index (κ2) is 5.12. The highest BCUT2D eigenvalue weighted by Crippen LogP contribution is 2.41. The number of hydrogen-bond donors (Lipinski definition) is 0. The lowest BCUT2D eigenvalue weighted by Gasteiger charge is -2.22. The van der Waals surface area contributed by atoms with Gasteiger partial charge in [0.1, 0.15) is 5.37 Å². The molecule has 1 aliphatic rings. The summed E-state index contributed by atoms with van der Waals surface area (Å²) in [6, 6.07) is 8.04. The van der Waals surface area contributed by atoms with Crippen molar-refractivity contribution in [2.24, 2.45) is 0 Å². The molecule has 0 radical (unpaired) electrons. The van der Waals surface area contributed by atoms with E-state index in [1.54, 1.807) is 29.3 Å². The Balaban J connectivity index is 1.82. The molecule has 1 atom stereocenters. The van der Waals surface area contributed by atoms with Crippen molar-refractivity contribution in [3.63, 3.8) is 0 Å². The number of nitrogens with zero attached hydrogens (tertiary/aromatic N) is 2. The quantitative estimate of drug-likeness (QED) is 0.864. The average Bonchev–Trinajstić information content (AvgIpc) is 3.02. The van der Waals surface area contributed by atoms with Crippen molar-refractivity contribution in [3.05, 3.63) is 52.5 Å². The number of pyridine rings is 1. The fraction of sp³-hybridized carbons (Fsp3) is 0.231. The molecular formula is C13H12N2OS2. The molecule has 1 aliphatic heterocycles. The first kappa shape index (κ1) is 11.7. The van der Waals surface area contributed by atoms with Crippen LogP contribution in [0.15, 0.2) is 42.0 Å². The average molecular weight is 276 g/mol. The van der Waals surface area contributed by atoms with Crippen LogP contribution in [0.1, 0.15) is 15.8 Å². The van der Waals surface area contributed by atoms with Gasteiger partial charge in [-0.25, -0.2) is 0 Å². The van der Waals surface area contributed by atoms with Gasteiger partial charge in [-0.1, -0.05) is 12.1 Å². The molecule has 1 saturated heterocycles. The SMILES string of the molecule is O=C1CS[C@H](c2cccs2)N1Cc1cccnc1. The number of thiophene rings is 1. The second-order valence-electron chi connectivity index (χ2n) is 4.06. The maximum absolute atomic E-state index is 12.0. The Labute approximate surface area is 114 Å². The van der Waals surface area contributed by atoms with Crippen LogP contribution < -0.4 is 0 Å². The summed E-state index contributed by atoms with van der Waals surface area (Å²) in [5.41, 5.74) is 1.08. The van der Waals surface area contributed by atoms with Gasteiger partial charge in [0.15, 0.2) is 0 Å². The first-order chi connectivity index (χ1) is 8.84. The zero-order valence-corrected chi connectivity index (χ0v) is 11.3. The van der Waals surface area contributed by atoms with E-state index in [0.717, 1.165) is 5.56 Å². The Morgan fingerprint density at radius 1 is 1.39 bits per heavy atom. The Hall–Kier alpha value is -1.33. The summed E-state index contributed by atoms with van der Waals surface area (Å²) in [5, 5.41) is 2.22. The van der Waals surface area contributed by atoms with Gasteiger partial charge in [0.25, 0.3) is 0 Å². The Kier molecular flexibility index (Phi) is 3.34. The van der Waals surface area contributed by atoms with E-state index in [1.807, 2.05) is 29.3 Å². The van der Waals surface area contributed by atoms with E-state index in [-0.39, 0.29) is 11.3 Å². The van der Waals surface area contributed by atoms with Crippen molar-refractivity contribution in [1.29, 1.82) is 0 Å². The predicted molar refractivity (Wildman–Crippen MR) is 74.3 cm³/mol. The molecule has 3 rings (SSSR count). The number of carbonyl (C=O) groups is 1. The zero-order valence-electron chi connectivity index (χ0n) is 9.65. The lowest BCUT2D eigenvalue weighted by Crippen LogP contribution is -2.27. The normalized spacial score (nSPS) is 19.4. The van der Waals surface area contributed by atoms with E-state index in [0.29, 0.717) is 12.3 Å². The number of rotatable bonds is 3. The van der Waals surface area contributed by atoms with Crippen molar-refractivity contribution in [2.75, 3.05) is 5.75 Å². The maximum Gasteiger partial charge on any atom is 0.234 e. The van der Waals surface area contributed by atoms with E-state index in [4.69, 9.17) is 0 Å². The molecule has 0 N–H and O–H groups in total. The van der Waals surface area contributed by atoms with Crippen LogP contribution in [-0.2, 0) is 11.3 Å². The lowest BCUT2D eigenvalue weighted by atomic mass is 10.2. The van der Waals surface area contributed by atoms with Gasteiger partial charge in [-0.15, -0.1) is 23.1 Å². The van der Waals surface area contributed by atoms with Gasteiger partial charge in [-0.05, 0) is 23.1 Å². The minimum absolute atomic E-state index is 0.165. The first-order valence-electron chi connectivity index (χ1n) is 5.68. The van der Waals surface area contributed by atoms with E-state index in [9.17, 15) is 4.79 Å². The highest BCUT2D eigenvalue weighted by Gasteiger charge is 2.33. The highest BCUT2D eigenvalue weighted by molar-refractivity contribution is 8.00. The molecule has 0 bridgehead atoms. The van der Waals surface area contributed by atoms with Gasteiger partial charge in [0.2, 0.25) is 5.91 Å². The molecule has 1 amide bonds. The largest absolute Gasteiger partial charge is 0.321 e. The Morgan fingerprint density at radius 2 is 2.33 bits per heavy atom. The van der Waals surface area contributed by atoms with Crippen molar-refractivity contribution >= 4 is 29.0 Å². The fourth-order valence-electron chi connectivity index (χ4n) is 1.98. The van der Waals surface area contributed by atoms with Crippen molar-refractivity contribution < 1.29 is 4.79 Å². The number of amides is 1. The lowest BCUT2D eigenvalue weighted by molar-refractivity contribution is -0.128. The molecule has 0 unspecified atom stereocenters. The summed E-state index contributed by atoms with van der Waals surface area (Å²) in [7, 11) is 0. The van der Waals surface area contributed by atoms with Crippen LogP contribution in [0, 0.1) is 0 Å². The van der Waals surface area contributed by atoms with E-state index in [1.165, 1.54) is 4.88 Å². The highest BCUT2D eigenvalue weighted by atomic mass is 32.2. The summed E-state index contributed by atoms with van der Waals surface area (Å²) in [6.45, 7) is 0.641. The van der Waals surface area contributed by atoms with E-state index >= 15 is 0 Å². The third kappa shape index (κ3) is 2.28. The summed E-state index contributed by atoms with van der Waals surface area (Å²) in [5.74, 6) is 0.783. The molecule has 18 heavy (non-hydrogen) atoms. The van der Waals surface area contributed by atoms with Crippen molar-refractivity contribution in [1.82, 2.24) is 9.88 Å². The maximum atomic E-state index is 12.0. The van der Waals surface area contributed by atoms with E-state index < -0.39 is 0 Å². The number of aromatic nitrogens is 1. The summed E-state index contributed by atoms with van der Waals surface area (Å²) < 4.78 is 0. The van der Waals surface area contributed by atoms with Gasteiger partial charge in [-0.2, -0.15) is 0 Å². The van der Waals surface area contributed by atoms with Crippen LogP contribution in [0.3, 0.4) is 0 Å². The minimum atomic E-state index is 0.165. The first-order valence-corrected chi connectivity index (χ1v) is 7.61. The van der Waals surface area contributed by atoms with Crippen LogP contribution in [0.4, 0.5) is 0 Å². The molecule has 3 heterocycles.